The lowest BCUT2D eigenvalue weighted by molar-refractivity contribution is 0.0631. The lowest BCUT2D eigenvalue weighted by atomic mass is 10.2. The van der Waals surface area contributed by atoms with Crippen LogP contribution >= 0.6 is 0 Å². The minimum absolute atomic E-state index is 0.155. The number of aliphatic hydroxyl groups is 1. The van der Waals surface area contributed by atoms with E-state index in [-0.39, 0.29) is 13.2 Å². The molecule has 0 amide bonds. The Morgan fingerprint density at radius 2 is 1.64 bits per heavy atom. The van der Waals surface area contributed by atoms with E-state index in [0.29, 0.717) is 5.75 Å². The molecule has 112 valence electrons. The van der Waals surface area contributed by atoms with Crippen molar-refractivity contribution >= 4 is 10.9 Å². The van der Waals surface area contributed by atoms with Gasteiger partial charge < -0.3 is 14.6 Å². The Morgan fingerprint density at radius 1 is 0.864 bits per heavy atom. The summed E-state index contributed by atoms with van der Waals surface area (Å²) < 4.78 is 11.2. The van der Waals surface area contributed by atoms with Gasteiger partial charge in [-0.2, -0.15) is 0 Å². The molecule has 0 radical (unpaired) electrons. The van der Waals surface area contributed by atoms with Crippen molar-refractivity contribution < 1.29 is 14.6 Å². The van der Waals surface area contributed by atoms with Crippen LogP contribution in [-0.2, 0) is 0 Å². The van der Waals surface area contributed by atoms with Crippen molar-refractivity contribution in [3.05, 3.63) is 66.9 Å². The lowest BCUT2D eigenvalue weighted by Gasteiger charge is -2.14. The number of aliphatic hydroxyl groups excluding tert-OH is 1. The van der Waals surface area contributed by atoms with Crippen LogP contribution in [0.4, 0.5) is 0 Å². The zero-order valence-corrected chi connectivity index (χ0v) is 12.1. The third-order valence-electron chi connectivity index (χ3n) is 3.21. The maximum absolute atomic E-state index is 9.97. The molecule has 0 aliphatic rings. The van der Waals surface area contributed by atoms with E-state index in [9.17, 15) is 5.11 Å². The van der Waals surface area contributed by atoms with Gasteiger partial charge in [-0.05, 0) is 24.3 Å². The van der Waals surface area contributed by atoms with E-state index in [1.165, 1.54) is 0 Å². The first-order chi connectivity index (χ1) is 10.8. The van der Waals surface area contributed by atoms with E-state index < -0.39 is 6.10 Å². The highest BCUT2D eigenvalue weighted by Crippen LogP contribution is 2.23. The fraction of sp³-hybridized carbons (Fsp3) is 0.167. The Kier molecular flexibility index (Phi) is 4.51. The fourth-order valence-electron chi connectivity index (χ4n) is 2.14. The summed E-state index contributed by atoms with van der Waals surface area (Å²) in [5, 5.41) is 11.0. The lowest BCUT2D eigenvalue weighted by Crippen LogP contribution is -2.25. The molecule has 0 saturated carbocycles. The van der Waals surface area contributed by atoms with Gasteiger partial charge in [0.25, 0.3) is 0 Å². The molecule has 3 rings (SSSR count). The van der Waals surface area contributed by atoms with Crippen LogP contribution in [0.3, 0.4) is 0 Å². The molecule has 22 heavy (non-hydrogen) atoms. The molecule has 0 aliphatic carbocycles. The Hall–Kier alpha value is -2.59. The van der Waals surface area contributed by atoms with Gasteiger partial charge >= 0.3 is 0 Å². The maximum Gasteiger partial charge on any atom is 0.145 e. The molecule has 2 aromatic carbocycles. The number of fused-ring (bicyclic) bond motifs is 1. The number of para-hydroxylation sites is 2. The first-order valence-electron chi connectivity index (χ1n) is 7.15. The van der Waals surface area contributed by atoms with Gasteiger partial charge in [-0.15, -0.1) is 0 Å². The summed E-state index contributed by atoms with van der Waals surface area (Å²) >= 11 is 0. The van der Waals surface area contributed by atoms with Crippen molar-refractivity contribution in [3.8, 4) is 11.5 Å². The van der Waals surface area contributed by atoms with Crippen LogP contribution in [0.15, 0.2) is 66.9 Å². The molecule has 0 saturated heterocycles. The summed E-state index contributed by atoms with van der Waals surface area (Å²) in [7, 11) is 0. The molecule has 4 nitrogen and oxygen atoms in total. The average Bonchev–Trinajstić information content (AvgIpc) is 2.59. The molecule has 1 unspecified atom stereocenters. The quantitative estimate of drug-likeness (QED) is 0.759. The number of hydrogen-bond donors (Lipinski definition) is 1. The number of pyridine rings is 1. The zero-order chi connectivity index (χ0) is 15.2. The predicted octanol–water partition coefficient (Wildman–Crippen LogP) is 3.05. The van der Waals surface area contributed by atoms with Crippen LogP contribution in [0.5, 0.6) is 11.5 Å². The molecule has 3 aromatic rings. The van der Waals surface area contributed by atoms with Gasteiger partial charge in [-0.1, -0.05) is 36.4 Å². The second kappa shape index (κ2) is 6.91. The molecule has 0 spiro atoms. The molecule has 1 N–H and O–H groups in total. The summed E-state index contributed by atoms with van der Waals surface area (Å²) in [6.07, 6.45) is 1.02. The van der Waals surface area contributed by atoms with Crippen LogP contribution in [0.25, 0.3) is 10.9 Å². The molecule has 0 bridgehead atoms. The maximum atomic E-state index is 9.97. The second-order valence-electron chi connectivity index (χ2n) is 4.92. The van der Waals surface area contributed by atoms with E-state index in [4.69, 9.17) is 9.47 Å². The van der Waals surface area contributed by atoms with Crippen molar-refractivity contribution in [2.75, 3.05) is 13.2 Å². The Bertz CT molecular complexity index is 725. The summed E-state index contributed by atoms with van der Waals surface area (Å²) in [6, 6.07) is 19.0. The van der Waals surface area contributed by atoms with Crippen LogP contribution in [0.1, 0.15) is 0 Å². The van der Waals surface area contributed by atoms with E-state index >= 15 is 0 Å². The van der Waals surface area contributed by atoms with Gasteiger partial charge in [0, 0.05) is 11.6 Å². The normalized spacial score (nSPS) is 12.0. The van der Waals surface area contributed by atoms with Crippen molar-refractivity contribution in [2.45, 2.75) is 6.10 Å². The number of rotatable bonds is 6. The summed E-state index contributed by atoms with van der Waals surface area (Å²) in [4.78, 5) is 4.31. The molecular weight excluding hydrogens is 278 g/mol. The third kappa shape index (κ3) is 3.54. The van der Waals surface area contributed by atoms with E-state index in [2.05, 4.69) is 4.98 Å². The highest BCUT2D eigenvalue weighted by Gasteiger charge is 2.09. The van der Waals surface area contributed by atoms with E-state index in [0.717, 1.165) is 16.7 Å². The number of benzene rings is 2. The van der Waals surface area contributed by atoms with Gasteiger partial charge in [-0.3, -0.25) is 4.98 Å². The van der Waals surface area contributed by atoms with Crippen LogP contribution < -0.4 is 9.47 Å². The highest BCUT2D eigenvalue weighted by atomic mass is 16.5. The van der Waals surface area contributed by atoms with Gasteiger partial charge in [0.1, 0.15) is 36.3 Å². The molecular formula is C18H17NO3. The third-order valence-corrected chi connectivity index (χ3v) is 3.21. The summed E-state index contributed by atoms with van der Waals surface area (Å²) in [5.41, 5.74) is 0.793. The van der Waals surface area contributed by atoms with Gasteiger partial charge in [0.05, 0.1) is 0 Å². The minimum Gasteiger partial charge on any atom is -0.491 e. The predicted molar refractivity (Wildman–Crippen MR) is 85.2 cm³/mol. The fourth-order valence-corrected chi connectivity index (χ4v) is 2.14. The molecule has 0 fully saturated rings. The topological polar surface area (TPSA) is 51.6 Å². The smallest absolute Gasteiger partial charge is 0.145 e. The van der Waals surface area contributed by atoms with Crippen LogP contribution in [-0.4, -0.2) is 29.4 Å². The monoisotopic (exact) mass is 295 g/mol. The van der Waals surface area contributed by atoms with E-state index in [1.54, 1.807) is 6.20 Å². The van der Waals surface area contributed by atoms with E-state index in [1.807, 2.05) is 60.7 Å². The number of nitrogens with zero attached hydrogens (tertiary/aromatic N) is 1. The van der Waals surface area contributed by atoms with Crippen molar-refractivity contribution in [2.24, 2.45) is 0 Å². The molecule has 1 heterocycles. The van der Waals surface area contributed by atoms with Crippen LogP contribution in [0, 0.1) is 0 Å². The minimum atomic E-state index is -0.709. The van der Waals surface area contributed by atoms with Crippen molar-refractivity contribution in [1.29, 1.82) is 0 Å². The summed E-state index contributed by atoms with van der Waals surface area (Å²) in [6.45, 7) is 0.338. The van der Waals surface area contributed by atoms with Gasteiger partial charge in [0.2, 0.25) is 0 Å². The SMILES string of the molecule is OC(COc1ccccc1)COc1cccc2cccnc12. The largest absolute Gasteiger partial charge is 0.491 e. The van der Waals surface area contributed by atoms with Crippen molar-refractivity contribution in [3.63, 3.8) is 0 Å². The first kappa shape index (κ1) is 14.4. The molecule has 0 aliphatic heterocycles. The Balaban J connectivity index is 1.57. The number of ether oxygens (including phenoxy) is 2. The molecule has 1 aromatic heterocycles. The standard InChI is InChI=1S/C18H17NO3/c20-15(12-21-16-8-2-1-3-9-16)13-22-17-10-4-6-14-7-5-11-19-18(14)17/h1-11,15,20H,12-13H2. The highest BCUT2D eigenvalue weighted by molar-refractivity contribution is 5.84. The molecule has 4 heteroatoms. The number of hydrogen-bond acceptors (Lipinski definition) is 4. The zero-order valence-electron chi connectivity index (χ0n) is 12.1. The van der Waals surface area contributed by atoms with Crippen molar-refractivity contribution in [1.82, 2.24) is 4.98 Å². The summed E-state index contributed by atoms with van der Waals surface area (Å²) in [5.74, 6) is 1.39. The van der Waals surface area contributed by atoms with Crippen LogP contribution in [0.2, 0.25) is 0 Å². The Labute approximate surface area is 129 Å². The average molecular weight is 295 g/mol. The van der Waals surface area contributed by atoms with Gasteiger partial charge in [0.15, 0.2) is 0 Å². The Morgan fingerprint density at radius 3 is 2.50 bits per heavy atom. The number of aromatic nitrogens is 1. The first-order valence-corrected chi connectivity index (χ1v) is 7.15. The van der Waals surface area contributed by atoms with Gasteiger partial charge in [-0.25, -0.2) is 0 Å². The molecule has 1 atom stereocenters. The second-order valence-corrected chi connectivity index (χ2v) is 4.92.